The fraction of sp³-hybridized carbons (Fsp3) is 0.929. The highest BCUT2D eigenvalue weighted by Gasteiger charge is 2.42. The molecule has 2 fully saturated rings. The van der Waals surface area contributed by atoms with Crippen LogP contribution in [-0.4, -0.2) is 36.3 Å². The highest BCUT2D eigenvalue weighted by Crippen LogP contribution is 2.38. The summed E-state index contributed by atoms with van der Waals surface area (Å²) in [4.78, 5) is 0. The van der Waals surface area contributed by atoms with Gasteiger partial charge in [-0.25, -0.2) is 0 Å². The van der Waals surface area contributed by atoms with E-state index < -0.39 is 0 Å². The van der Waals surface area contributed by atoms with Crippen LogP contribution in [0, 0.1) is 17.2 Å². The third-order valence-electron chi connectivity index (χ3n) is 4.14. The Bertz CT molecular complexity index is 301. The topological polar surface area (TPSA) is 45.0 Å². The summed E-state index contributed by atoms with van der Waals surface area (Å²) < 4.78 is 5.19. The van der Waals surface area contributed by atoms with E-state index in [1.165, 1.54) is 25.0 Å². The van der Waals surface area contributed by atoms with Crippen molar-refractivity contribution in [3.05, 3.63) is 0 Å². The normalized spacial score (nSPS) is 32.1. The predicted octanol–water partition coefficient (Wildman–Crippen LogP) is 2.57. The molecule has 0 bridgehead atoms. The summed E-state index contributed by atoms with van der Waals surface area (Å²) in [7, 11) is 0. The summed E-state index contributed by atoms with van der Waals surface area (Å²) in [6.45, 7) is 4.97. The van der Waals surface area contributed by atoms with E-state index in [-0.39, 0.29) is 5.54 Å². The maximum atomic E-state index is 9.54. The van der Waals surface area contributed by atoms with E-state index in [9.17, 15) is 5.26 Å². The number of ether oxygens (including phenoxy) is 1. The number of hydrogen-bond donors (Lipinski definition) is 1. The van der Waals surface area contributed by atoms with Gasteiger partial charge in [-0.2, -0.15) is 17.0 Å². The summed E-state index contributed by atoms with van der Waals surface area (Å²) in [5, 5.41) is 13.8. The molecule has 0 spiro atoms. The van der Waals surface area contributed by atoms with Crippen molar-refractivity contribution < 1.29 is 4.74 Å². The standard InChI is InChI=1S/C14H24N2OS/c1-2-7-16-14(11-15)6-3-4-12(14)5-8-18-13-9-17-10-13/h12-13,16H,2-10H2,1H3. The molecule has 0 aromatic carbocycles. The Morgan fingerprint density at radius 3 is 2.94 bits per heavy atom. The van der Waals surface area contributed by atoms with E-state index in [0.29, 0.717) is 11.2 Å². The number of nitriles is 1. The van der Waals surface area contributed by atoms with Crippen LogP contribution < -0.4 is 5.32 Å². The molecule has 1 saturated heterocycles. The van der Waals surface area contributed by atoms with Crippen molar-refractivity contribution in [2.75, 3.05) is 25.5 Å². The zero-order valence-electron chi connectivity index (χ0n) is 11.3. The molecule has 1 N–H and O–H groups in total. The molecule has 0 aromatic rings. The predicted molar refractivity (Wildman–Crippen MR) is 75.7 cm³/mol. The number of nitrogens with one attached hydrogen (secondary N) is 1. The molecule has 4 heteroatoms. The number of hydrogen-bond acceptors (Lipinski definition) is 4. The monoisotopic (exact) mass is 268 g/mol. The second kappa shape index (κ2) is 6.79. The molecule has 0 radical (unpaired) electrons. The Balaban J connectivity index is 1.79. The molecule has 2 aliphatic rings. The first-order valence-electron chi connectivity index (χ1n) is 7.16. The van der Waals surface area contributed by atoms with E-state index in [1.807, 2.05) is 11.8 Å². The Hall–Kier alpha value is -0.240. The third-order valence-corrected chi connectivity index (χ3v) is 5.35. The summed E-state index contributed by atoms with van der Waals surface area (Å²) in [5.74, 6) is 1.72. The molecule has 2 atom stereocenters. The third kappa shape index (κ3) is 3.20. The second-order valence-electron chi connectivity index (χ2n) is 5.42. The number of rotatable bonds is 7. The molecule has 1 aliphatic carbocycles. The fourth-order valence-corrected chi connectivity index (χ4v) is 4.06. The number of thioether (sulfide) groups is 1. The zero-order valence-corrected chi connectivity index (χ0v) is 12.1. The van der Waals surface area contributed by atoms with Gasteiger partial charge in [0.2, 0.25) is 0 Å². The second-order valence-corrected chi connectivity index (χ2v) is 6.83. The van der Waals surface area contributed by atoms with Crippen molar-refractivity contribution in [1.82, 2.24) is 5.32 Å². The first-order valence-corrected chi connectivity index (χ1v) is 8.21. The summed E-state index contributed by atoms with van der Waals surface area (Å²) in [6.07, 6.45) is 5.72. The Kier molecular flexibility index (Phi) is 5.35. The van der Waals surface area contributed by atoms with Crippen molar-refractivity contribution in [3.63, 3.8) is 0 Å². The van der Waals surface area contributed by atoms with Crippen molar-refractivity contribution in [2.45, 2.75) is 49.8 Å². The fourth-order valence-electron chi connectivity index (χ4n) is 2.92. The van der Waals surface area contributed by atoms with Crippen LogP contribution in [-0.2, 0) is 4.74 Å². The molecule has 1 saturated carbocycles. The van der Waals surface area contributed by atoms with Crippen LogP contribution in [0.3, 0.4) is 0 Å². The van der Waals surface area contributed by atoms with Crippen molar-refractivity contribution in [2.24, 2.45) is 5.92 Å². The van der Waals surface area contributed by atoms with Gasteiger partial charge in [0.15, 0.2) is 0 Å². The quantitative estimate of drug-likeness (QED) is 0.771. The highest BCUT2D eigenvalue weighted by atomic mass is 32.2. The van der Waals surface area contributed by atoms with Gasteiger partial charge in [0, 0.05) is 0 Å². The lowest BCUT2D eigenvalue weighted by Gasteiger charge is -2.31. The lowest BCUT2D eigenvalue weighted by Crippen LogP contribution is -2.47. The zero-order chi connectivity index (χ0) is 12.8. The first-order chi connectivity index (χ1) is 8.80. The van der Waals surface area contributed by atoms with Crippen LogP contribution in [0.15, 0.2) is 0 Å². The first kappa shape index (κ1) is 14.2. The average molecular weight is 268 g/mol. The summed E-state index contributed by atoms with van der Waals surface area (Å²) >= 11 is 2.02. The van der Waals surface area contributed by atoms with E-state index in [0.717, 1.165) is 32.6 Å². The average Bonchev–Trinajstić information content (AvgIpc) is 2.73. The van der Waals surface area contributed by atoms with Crippen molar-refractivity contribution in [3.8, 4) is 6.07 Å². The number of nitrogens with zero attached hydrogens (tertiary/aromatic N) is 1. The van der Waals surface area contributed by atoms with Crippen LogP contribution >= 0.6 is 11.8 Å². The minimum absolute atomic E-state index is 0.229. The van der Waals surface area contributed by atoms with Gasteiger partial charge in [0.05, 0.1) is 24.5 Å². The Labute approximate surface area is 115 Å². The molecule has 18 heavy (non-hydrogen) atoms. The largest absolute Gasteiger partial charge is 0.379 e. The maximum absolute atomic E-state index is 9.54. The lowest BCUT2D eigenvalue weighted by molar-refractivity contribution is 0.0455. The van der Waals surface area contributed by atoms with E-state index in [2.05, 4.69) is 18.3 Å². The van der Waals surface area contributed by atoms with Crippen LogP contribution in [0.5, 0.6) is 0 Å². The van der Waals surface area contributed by atoms with Gasteiger partial charge in [-0.1, -0.05) is 13.3 Å². The van der Waals surface area contributed by atoms with Crippen LogP contribution in [0.4, 0.5) is 0 Å². The van der Waals surface area contributed by atoms with Gasteiger partial charge >= 0.3 is 0 Å². The van der Waals surface area contributed by atoms with E-state index in [4.69, 9.17) is 4.74 Å². The lowest BCUT2D eigenvalue weighted by atomic mass is 9.86. The molecule has 102 valence electrons. The highest BCUT2D eigenvalue weighted by molar-refractivity contribution is 8.00. The molecule has 1 heterocycles. The minimum atomic E-state index is -0.229. The molecule has 2 unspecified atom stereocenters. The maximum Gasteiger partial charge on any atom is 0.109 e. The molecule has 2 rings (SSSR count). The minimum Gasteiger partial charge on any atom is -0.379 e. The van der Waals surface area contributed by atoms with Crippen molar-refractivity contribution in [1.29, 1.82) is 5.26 Å². The molecular formula is C14H24N2OS. The summed E-state index contributed by atoms with van der Waals surface area (Å²) in [5.41, 5.74) is -0.229. The van der Waals surface area contributed by atoms with Gasteiger partial charge in [-0.3, -0.25) is 5.32 Å². The van der Waals surface area contributed by atoms with Gasteiger partial charge < -0.3 is 4.74 Å². The summed E-state index contributed by atoms with van der Waals surface area (Å²) in [6, 6.07) is 2.58. The molecule has 0 amide bonds. The SMILES string of the molecule is CCCNC1(C#N)CCCC1CCSC1COC1. The molecule has 0 aromatic heterocycles. The van der Waals surface area contributed by atoms with E-state index >= 15 is 0 Å². The Morgan fingerprint density at radius 2 is 2.33 bits per heavy atom. The van der Waals surface area contributed by atoms with Crippen LogP contribution in [0.1, 0.15) is 39.0 Å². The molecule has 3 nitrogen and oxygen atoms in total. The van der Waals surface area contributed by atoms with E-state index in [1.54, 1.807) is 0 Å². The molecular weight excluding hydrogens is 244 g/mol. The van der Waals surface area contributed by atoms with Gasteiger partial charge in [-0.05, 0) is 43.9 Å². The smallest absolute Gasteiger partial charge is 0.109 e. The van der Waals surface area contributed by atoms with Crippen LogP contribution in [0.2, 0.25) is 0 Å². The van der Waals surface area contributed by atoms with Gasteiger partial charge in [0.1, 0.15) is 5.54 Å². The van der Waals surface area contributed by atoms with Gasteiger partial charge in [0.25, 0.3) is 0 Å². The van der Waals surface area contributed by atoms with Crippen LogP contribution in [0.25, 0.3) is 0 Å². The van der Waals surface area contributed by atoms with Gasteiger partial charge in [-0.15, -0.1) is 0 Å². The Morgan fingerprint density at radius 1 is 1.50 bits per heavy atom. The van der Waals surface area contributed by atoms with Crippen molar-refractivity contribution >= 4 is 11.8 Å². The molecule has 1 aliphatic heterocycles.